The number of benzene rings is 1. The SMILES string of the molecule is CO[Si](CCc1ccccc1)(OC)OCS(=O)(=O)Cl. The minimum absolute atomic E-state index is 0.483. The lowest BCUT2D eigenvalue weighted by atomic mass is 10.2. The van der Waals surface area contributed by atoms with Crippen LogP contribution in [0.2, 0.25) is 6.04 Å². The van der Waals surface area contributed by atoms with Crippen molar-refractivity contribution in [1.29, 1.82) is 0 Å². The van der Waals surface area contributed by atoms with Crippen molar-refractivity contribution in [3.05, 3.63) is 35.9 Å². The first kappa shape index (κ1) is 16.6. The number of halogens is 1. The molecule has 19 heavy (non-hydrogen) atoms. The highest BCUT2D eigenvalue weighted by atomic mass is 35.7. The molecule has 1 aromatic rings. The molecule has 0 unspecified atom stereocenters. The third kappa shape index (κ3) is 6.02. The van der Waals surface area contributed by atoms with Gasteiger partial charge in [0.15, 0.2) is 5.94 Å². The molecule has 0 aliphatic heterocycles. The Bertz CT molecular complexity index is 475. The Balaban J connectivity index is 2.65. The maximum Gasteiger partial charge on any atom is 0.501 e. The van der Waals surface area contributed by atoms with Crippen LogP contribution in [0.3, 0.4) is 0 Å². The molecule has 0 aliphatic carbocycles. The van der Waals surface area contributed by atoms with Crippen molar-refractivity contribution in [2.24, 2.45) is 0 Å². The summed E-state index contributed by atoms with van der Waals surface area (Å²) in [4.78, 5) is 0. The van der Waals surface area contributed by atoms with E-state index in [4.69, 9.17) is 24.0 Å². The number of rotatable bonds is 8. The van der Waals surface area contributed by atoms with Crippen LogP contribution in [-0.4, -0.2) is 37.4 Å². The van der Waals surface area contributed by atoms with E-state index in [-0.39, 0.29) is 0 Å². The second-order valence-electron chi connectivity index (χ2n) is 3.88. The summed E-state index contributed by atoms with van der Waals surface area (Å²) in [6, 6.07) is 10.2. The highest BCUT2D eigenvalue weighted by Gasteiger charge is 2.39. The molecule has 0 N–H and O–H groups in total. The van der Waals surface area contributed by atoms with Crippen LogP contribution in [0, 0.1) is 0 Å². The molecule has 0 atom stereocenters. The van der Waals surface area contributed by atoms with Crippen molar-refractivity contribution in [1.82, 2.24) is 0 Å². The van der Waals surface area contributed by atoms with Gasteiger partial charge >= 0.3 is 8.80 Å². The first-order valence-corrected chi connectivity index (χ1v) is 10.0. The van der Waals surface area contributed by atoms with E-state index in [2.05, 4.69) is 0 Å². The zero-order valence-corrected chi connectivity index (χ0v) is 13.4. The highest BCUT2D eigenvalue weighted by molar-refractivity contribution is 8.13. The largest absolute Gasteiger partial charge is 0.501 e. The normalized spacial score (nSPS) is 12.6. The molecule has 0 saturated carbocycles. The van der Waals surface area contributed by atoms with Gasteiger partial charge in [0.05, 0.1) is 0 Å². The number of aryl methyl sites for hydroxylation is 1. The van der Waals surface area contributed by atoms with Gasteiger partial charge in [0, 0.05) is 30.9 Å². The molecule has 1 aromatic carbocycles. The van der Waals surface area contributed by atoms with Gasteiger partial charge in [0.25, 0.3) is 9.05 Å². The Labute approximate surface area is 119 Å². The first-order valence-electron chi connectivity index (χ1n) is 5.61. The van der Waals surface area contributed by atoms with Gasteiger partial charge in [0.2, 0.25) is 0 Å². The summed E-state index contributed by atoms with van der Waals surface area (Å²) in [5.41, 5.74) is 1.10. The lowest BCUT2D eigenvalue weighted by molar-refractivity contribution is 0.116. The molecule has 0 radical (unpaired) electrons. The fourth-order valence-corrected chi connectivity index (χ4v) is 4.81. The zero-order valence-electron chi connectivity index (χ0n) is 10.8. The highest BCUT2D eigenvalue weighted by Crippen LogP contribution is 2.18. The molecule has 0 amide bonds. The van der Waals surface area contributed by atoms with E-state index >= 15 is 0 Å². The lowest BCUT2D eigenvalue weighted by Crippen LogP contribution is -2.45. The molecule has 1 rings (SSSR count). The zero-order chi connectivity index (χ0) is 14.4. The summed E-state index contributed by atoms with van der Waals surface area (Å²) in [6.07, 6.45) is 0.678. The number of hydrogen-bond donors (Lipinski definition) is 0. The van der Waals surface area contributed by atoms with Crippen LogP contribution in [0.15, 0.2) is 30.3 Å². The first-order chi connectivity index (χ1) is 8.91. The second-order valence-corrected chi connectivity index (χ2v) is 9.57. The van der Waals surface area contributed by atoms with Crippen molar-refractivity contribution in [3.8, 4) is 0 Å². The van der Waals surface area contributed by atoms with Crippen molar-refractivity contribution in [2.75, 3.05) is 20.2 Å². The van der Waals surface area contributed by atoms with Crippen LogP contribution in [0.25, 0.3) is 0 Å². The average molecular weight is 325 g/mol. The summed E-state index contributed by atoms with van der Waals surface area (Å²) in [7, 11) is 1.29. The van der Waals surface area contributed by atoms with Gasteiger partial charge < -0.3 is 13.3 Å². The van der Waals surface area contributed by atoms with Crippen LogP contribution in [-0.2, 0) is 28.7 Å². The van der Waals surface area contributed by atoms with Gasteiger partial charge in [-0.05, 0) is 12.0 Å². The summed E-state index contributed by atoms with van der Waals surface area (Å²) >= 11 is 0. The Morgan fingerprint density at radius 2 is 1.74 bits per heavy atom. The average Bonchev–Trinajstić information content (AvgIpc) is 2.40. The molecule has 0 spiro atoms. The van der Waals surface area contributed by atoms with Crippen LogP contribution in [0.4, 0.5) is 0 Å². The van der Waals surface area contributed by atoms with E-state index in [1.165, 1.54) is 14.2 Å². The fourth-order valence-electron chi connectivity index (χ4n) is 1.58. The fraction of sp³-hybridized carbons (Fsp3) is 0.455. The van der Waals surface area contributed by atoms with Gasteiger partial charge in [-0.15, -0.1) is 0 Å². The van der Waals surface area contributed by atoms with E-state index < -0.39 is 23.8 Å². The summed E-state index contributed by atoms with van der Waals surface area (Å²) in [6.45, 7) is 0. The Hall–Kier alpha value is -0.443. The number of hydrogen-bond acceptors (Lipinski definition) is 5. The third-order valence-electron chi connectivity index (χ3n) is 2.60. The molecule has 5 nitrogen and oxygen atoms in total. The molecule has 8 heteroatoms. The van der Waals surface area contributed by atoms with Gasteiger partial charge in [0.1, 0.15) is 0 Å². The molecule has 0 fully saturated rings. The van der Waals surface area contributed by atoms with Gasteiger partial charge in [-0.1, -0.05) is 30.3 Å². The van der Waals surface area contributed by atoms with Gasteiger partial charge in [-0.2, -0.15) is 0 Å². The molecule has 0 saturated heterocycles. The molecular weight excluding hydrogens is 308 g/mol. The Morgan fingerprint density at radius 3 is 2.21 bits per heavy atom. The molecule has 108 valence electrons. The monoisotopic (exact) mass is 324 g/mol. The van der Waals surface area contributed by atoms with Crippen LogP contribution >= 0.6 is 10.7 Å². The van der Waals surface area contributed by atoms with Crippen LogP contribution in [0.5, 0.6) is 0 Å². The molecule has 0 aliphatic rings. The predicted octanol–water partition coefficient (Wildman–Crippen LogP) is 2.00. The topological polar surface area (TPSA) is 61.8 Å². The minimum atomic E-state index is -3.74. The van der Waals surface area contributed by atoms with Crippen molar-refractivity contribution < 1.29 is 21.7 Å². The predicted molar refractivity (Wildman–Crippen MR) is 75.4 cm³/mol. The van der Waals surface area contributed by atoms with Crippen LogP contribution in [0.1, 0.15) is 5.56 Å². The molecule has 0 bridgehead atoms. The van der Waals surface area contributed by atoms with E-state index in [1.54, 1.807) is 0 Å². The molecule has 0 aromatic heterocycles. The van der Waals surface area contributed by atoms with E-state index in [9.17, 15) is 8.42 Å². The van der Waals surface area contributed by atoms with Gasteiger partial charge in [-0.25, -0.2) is 8.42 Å². The summed E-state index contributed by atoms with van der Waals surface area (Å²) in [5.74, 6) is -0.614. The van der Waals surface area contributed by atoms with Gasteiger partial charge in [-0.3, -0.25) is 0 Å². The summed E-state index contributed by atoms with van der Waals surface area (Å²) < 4.78 is 37.7. The minimum Gasteiger partial charge on any atom is -0.377 e. The summed E-state index contributed by atoms with van der Waals surface area (Å²) in [5, 5.41) is 0. The van der Waals surface area contributed by atoms with E-state index in [0.717, 1.165) is 5.56 Å². The van der Waals surface area contributed by atoms with Crippen molar-refractivity contribution in [3.63, 3.8) is 0 Å². The maximum atomic E-state index is 10.9. The lowest BCUT2D eigenvalue weighted by Gasteiger charge is -2.25. The van der Waals surface area contributed by atoms with Crippen molar-refractivity contribution in [2.45, 2.75) is 12.5 Å². The Kier molecular flexibility index (Phi) is 6.44. The molecule has 0 heterocycles. The maximum absolute atomic E-state index is 10.9. The van der Waals surface area contributed by atoms with Crippen LogP contribution < -0.4 is 0 Å². The molecular formula is C11H17ClO5SSi. The van der Waals surface area contributed by atoms with Crippen molar-refractivity contribution >= 4 is 28.5 Å². The Morgan fingerprint density at radius 1 is 1.16 bits per heavy atom. The smallest absolute Gasteiger partial charge is 0.377 e. The third-order valence-corrected chi connectivity index (χ3v) is 6.17. The van der Waals surface area contributed by atoms with E-state index in [0.29, 0.717) is 12.5 Å². The van der Waals surface area contributed by atoms with E-state index in [1.807, 2.05) is 30.3 Å². The standard InChI is InChI=1S/C11H17ClO5SSi/c1-15-19(16-2,17-10-18(12,13)14)9-8-11-6-4-3-5-7-11/h3-7H,8-10H2,1-2H3. The quantitative estimate of drug-likeness (QED) is 0.540. The second kappa shape index (κ2) is 7.37.